The molecule has 0 heterocycles. The Morgan fingerprint density at radius 2 is 1.87 bits per heavy atom. The molecule has 170 valence electrons. The third-order valence-electron chi connectivity index (χ3n) is 8.28. The fourth-order valence-electron chi connectivity index (χ4n) is 6.48. The van der Waals surface area contributed by atoms with Crippen molar-refractivity contribution >= 4 is 11.9 Å². The smallest absolute Gasteiger partial charge is 0.311 e. The Balaban J connectivity index is 1.64. The molecule has 0 bridgehead atoms. The molecule has 31 heavy (non-hydrogen) atoms. The quantitative estimate of drug-likeness (QED) is 0.650. The van der Waals surface area contributed by atoms with Crippen LogP contribution >= 0.6 is 0 Å². The van der Waals surface area contributed by atoms with Crippen molar-refractivity contribution in [1.82, 2.24) is 0 Å². The van der Waals surface area contributed by atoms with Crippen LogP contribution in [0.15, 0.2) is 35.1 Å². The minimum Gasteiger partial charge on any atom is -0.461 e. The second-order valence-corrected chi connectivity index (χ2v) is 11.2. The fraction of sp³-hybridized carbons (Fsp3) is 0.692. The molecule has 1 N–H and O–H groups in total. The van der Waals surface area contributed by atoms with Crippen LogP contribution in [-0.4, -0.2) is 29.8 Å². The normalized spacial score (nSPS) is 36.8. The van der Waals surface area contributed by atoms with E-state index in [1.165, 1.54) is 12.5 Å². The van der Waals surface area contributed by atoms with Gasteiger partial charge in [-0.15, -0.1) is 0 Å². The van der Waals surface area contributed by atoms with Crippen LogP contribution < -0.4 is 0 Å². The third kappa shape index (κ3) is 3.59. The van der Waals surface area contributed by atoms with E-state index in [4.69, 9.17) is 9.47 Å². The summed E-state index contributed by atoms with van der Waals surface area (Å²) in [7, 11) is 0. The lowest BCUT2D eigenvalue weighted by Gasteiger charge is -2.53. The van der Waals surface area contributed by atoms with Gasteiger partial charge >= 0.3 is 11.9 Å². The summed E-state index contributed by atoms with van der Waals surface area (Å²) in [6.07, 6.45) is 11.6. The second kappa shape index (κ2) is 7.61. The number of aliphatic hydroxyl groups excluding tert-OH is 1. The zero-order valence-electron chi connectivity index (χ0n) is 19.5. The van der Waals surface area contributed by atoms with Gasteiger partial charge in [-0.1, -0.05) is 24.6 Å². The van der Waals surface area contributed by atoms with Gasteiger partial charge in [0.25, 0.3) is 0 Å². The standard InChI is InChI=1S/C26H36O5/c1-16(28)30-18-10-13-26(15-27)17(14-18)6-7-19-20-8-9-22(31-23(29)24(2,3)4)25(20,5)12-11-21(19)26/h6-7,14,20-22,27H,8-13,15H2,1-5H3/t20-,21-,22-,25-,26+/m0/s1. The van der Waals surface area contributed by atoms with Gasteiger partial charge in [-0.05, 0) is 76.4 Å². The molecule has 0 aromatic heterocycles. The largest absolute Gasteiger partial charge is 0.461 e. The van der Waals surface area contributed by atoms with Crippen LogP contribution in [0.3, 0.4) is 0 Å². The van der Waals surface area contributed by atoms with Gasteiger partial charge in [-0.3, -0.25) is 9.59 Å². The van der Waals surface area contributed by atoms with Gasteiger partial charge in [-0.25, -0.2) is 0 Å². The molecular formula is C26H36O5. The highest BCUT2D eigenvalue weighted by atomic mass is 16.5. The Labute approximate surface area is 185 Å². The number of ether oxygens (including phenoxy) is 2. The summed E-state index contributed by atoms with van der Waals surface area (Å²) in [6.45, 7) is 9.52. The molecule has 5 atom stereocenters. The number of fused-ring (bicyclic) bond motifs is 5. The summed E-state index contributed by atoms with van der Waals surface area (Å²) < 4.78 is 11.4. The number of carbonyl (C=O) groups excluding carboxylic acids is 2. The van der Waals surface area contributed by atoms with E-state index in [0.29, 0.717) is 18.1 Å². The number of allylic oxidation sites excluding steroid dienone is 5. The number of carbonyl (C=O) groups is 2. The van der Waals surface area contributed by atoms with Crippen LogP contribution in [-0.2, 0) is 19.1 Å². The topological polar surface area (TPSA) is 72.8 Å². The summed E-state index contributed by atoms with van der Waals surface area (Å²) in [6, 6.07) is 0. The van der Waals surface area contributed by atoms with Crippen LogP contribution in [0.4, 0.5) is 0 Å². The predicted octanol–water partition coefficient (Wildman–Crippen LogP) is 4.86. The van der Waals surface area contributed by atoms with Gasteiger partial charge in [0.15, 0.2) is 0 Å². The molecule has 0 aromatic rings. The lowest BCUT2D eigenvalue weighted by Crippen LogP contribution is -2.49. The van der Waals surface area contributed by atoms with E-state index in [1.807, 2.05) is 26.8 Å². The Morgan fingerprint density at radius 1 is 1.13 bits per heavy atom. The average molecular weight is 429 g/mol. The molecule has 0 unspecified atom stereocenters. The minimum atomic E-state index is -0.498. The fourth-order valence-corrected chi connectivity index (χ4v) is 6.48. The molecule has 2 saturated carbocycles. The first-order chi connectivity index (χ1) is 14.5. The molecule has 4 aliphatic rings. The molecule has 5 nitrogen and oxygen atoms in total. The molecular weight excluding hydrogens is 392 g/mol. The summed E-state index contributed by atoms with van der Waals surface area (Å²) in [4.78, 5) is 24.0. The van der Waals surface area contributed by atoms with Gasteiger partial charge in [0.2, 0.25) is 0 Å². The monoisotopic (exact) mass is 428 g/mol. The van der Waals surface area contributed by atoms with Gasteiger partial charge in [0.05, 0.1) is 12.0 Å². The van der Waals surface area contributed by atoms with E-state index in [0.717, 1.165) is 37.7 Å². The number of rotatable bonds is 3. The maximum atomic E-state index is 12.6. The van der Waals surface area contributed by atoms with E-state index in [9.17, 15) is 14.7 Å². The Bertz CT molecular complexity index is 873. The Morgan fingerprint density at radius 3 is 2.52 bits per heavy atom. The highest BCUT2D eigenvalue weighted by Crippen LogP contribution is 2.63. The summed E-state index contributed by atoms with van der Waals surface area (Å²) >= 11 is 0. The van der Waals surface area contributed by atoms with Gasteiger partial charge in [0, 0.05) is 24.2 Å². The van der Waals surface area contributed by atoms with Crippen LogP contribution in [0.2, 0.25) is 0 Å². The summed E-state index contributed by atoms with van der Waals surface area (Å²) in [5.74, 6) is 0.913. The first kappa shape index (κ1) is 22.3. The first-order valence-corrected chi connectivity index (χ1v) is 11.6. The highest BCUT2D eigenvalue weighted by Gasteiger charge is 2.58. The molecule has 0 aromatic carbocycles. The zero-order chi connectivity index (χ0) is 22.6. The van der Waals surface area contributed by atoms with Crippen molar-refractivity contribution in [2.45, 2.75) is 79.2 Å². The average Bonchev–Trinajstić information content (AvgIpc) is 3.02. The molecule has 0 spiro atoms. The number of hydrogen-bond acceptors (Lipinski definition) is 5. The molecule has 0 amide bonds. The van der Waals surface area contributed by atoms with Crippen molar-refractivity contribution < 1.29 is 24.2 Å². The van der Waals surface area contributed by atoms with E-state index in [2.05, 4.69) is 19.1 Å². The maximum absolute atomic E-state index is 12.6. The molecule has 4 rings (SSSR count). The van der Waals surface area contributed by atoms with Crippen LogP contribution in [0.25, 0.3) is 0 Å². The van der Waals surface area contributed by atoms with E-state index >= 15 is 0 Å². The van der Waals surface area contributed by atoms with E-state index in [1.54, 1.807) is 0 Å². The molecule has 2 fully saturated rings. The molecule has 5 heteroatoms. The minimum absolute atomic E-state index is 0.0525. The first-order valence-electron chi connectivity index (χ1n) is 11.6. The predicted molar refractivity (Wildman–Crippen MR) is 118 cm³/mol. The number of hydrogen-bond donors (Lipinski definition) is 1. The van der Waals surface area contributed by atoms with Crippen LogP contribution in [0.1, 0.15) is 73.1 Å². The highest BCUT2D eigenvalue weighted by molar-refractivity contribution is 5.75. The maximum Gasteiger partial charge on any atom is 0.311 e. The van der Waals surface area contributed by atoms with Crippen molar-refractivity contribution in [1.29, 1.82) is 0 Å². The van der Waals surface area contributed by atoms with Gasteiger partial charge in [-0.2, -0.15) is 0 Å². The van der Waals surface area contributed by atoms with Crippen molar-refractivity contribution in [3.63, 3.8) is 0 Å². The SMILES string of the molecule is CC(=O)OC1=CC2=CC=C3[C@H](CC[C@]4(C)[C@@H](OC(=O)C(C)(C)C)CC[C@@H]34)[C@@]2(CO)CC1. The molecule has 0 saturated heterocycles. The van der Waals surface area contributed by atoms with Gasteiger partial charge < -0.3 is 14.6 Å². The van der Waals surface area contributed by atoms with Crippen molar-refractivity contribution in [2.75, 3.05) is 6.61 Å². The lowest BCUT2D eigenvalue weighted by atomic mass is 9.51. The second-order valence-electron chi connectivity index (χ2n) is 11.2. The number of esters is 2. The van der Waals surface area contributed by atoms with E-state index in [-0.39, 0.29) is 41.4 Å². The summed E-state index contributed by atoms with van der Waals surface area (Å²) in [5.41, 5.74) is 1.62. The van der Waals surface area contributed by atoms with Crippen molar-refractivity contribution in [3.05, 3.63) is 35.1 Å². The third-order valence-corrected chi connectivity index (χ3v) is 8.28. The Kier molecular flexibility index (Phi) is 5.48. The molecule has 4 aliphatic carbocycles. The van der Waals surface area contributed by atoms with Crippen molar-refractivity contribution in [2.24, 2.45) is 28.1 Å². The number of aliphatic hydroxyl groups is 1. The van der Waals surface area contributed by atoms with E-state index < -0.39 is 5.41 Å². The zero-order valence-corrected chi connectivity index (χ0v) is 19.5. The van der Waals surface area contributed by atoms with Gasteiger partial charge in [0.1, 0.15) is 11.9 Å². The summed E-state index contributed by atoms with van der Waals surface area (Å²) in [5, 5.41) is 10.6. The lowest BCUT2D eigenvalue weighted by molar-refractivity contribution is -0.165. The van der Waals surface area contributed by atoms with Crippen molar-refractivity contribution in [3.8, 4) is 0 Å². The van der Waals surface area contributed by atoms with Crippen LogP contribution in [0, 0.1) is 28.1 Å². The molecule has 0 radical (unpaired) electrons. The Hall–Kier alpha value is -1.88. The van der Waals surface area contributed by atoms with Crippen LogP contribution in [0.5, 0.6) is 0 Å². The molecule has 0 aliphatic heterocycles.